The van der Waals surface area contributed by atoms with Crippen LogP contribution in [-0.4, -0.2) is 26.1 Å². The van der Waals surface area contributed by atoms with Crippen molar-refractivity contribution in [2.45, 2.75) is 24.8 Å². The average molecular weight is 353 g/mol. The van der Waals surface area contributed by atoms with Crippen LogP contribution in [0.4, 0.5) is 13.2 Å². The number of hydrogen-bond donors (Lipinski definition) is 2. The van der Waals surface area contributed by atoms with E-state index in [1.54, 1.807) is 0 Å². The second kappa shape index (κ2) is 5.13. The second-order valence-corrected chi connectivity index (χ2v) is 5.79. The number of alkyl halides is 3. The van der Waals surface area contributed by atoms with Crippen molar-refractivity contribution in [1.82, 2.24) is 9.78 Å². The molecule has 118 valence electrons. The van der Waals surface area contributed by atoms with Crippen molar-refractivity contribution in [3.63, 3.8) is 0 Å². The van der Waals surface area contributed by atoms with Gasteiger partial charge in [0, 0.05) is 18.2 Å². The third kappa shape index (κ3) is 2.48. The molecule has 0 radical (unpaired) electrons. The molecule has 1 aromatic heterocycles. The number of halogens is 5. The normalized spacial score (nSPS) is 21.2. The number of aromatic nitrogens is 2. The smallest absolute Gasteiger partial charge is 0.390 e. The van der Waals surface area contributed by atoms with E-state index in [2.05, 4.69) is 5.10 Å². The van der Waals surface area contributed by atoms with Gasteiger partial charge in [-0.05, 0) is 12.1 Å². The van der Waals surface area contributed by atoms with Gasteiger partial charge in [0.05, 0.1) is 27.4 Å². The molecule has 0 amide bonds. The van der Waals surface area contributed by atoms with E-state index >= 15 is 0 Å². The minimum atomic E-state index is -4.56. The summed E-state index contributed by atoms with van der Waals surface area (Å²) >= 11 is 11.8. The first-order valence-corrected chi connectivity index (χ1v) is 6.95. The molecule has 2 N–H and O–H groups in total. The van der Waals surface area contributed by atoms with E-state index in [1.807, 2.05) is 0 Å². The maximum absolute atomic E-state index is 12.7. The van der Waals surface area contributed by atoms with Crippen LogP contribution in [0.2, 0.25) is 10.0 Å². The van der Waals surface area contributed by atoms with Crippen molar-refractivity contribution in [2.75, 3.05) is 0 Å². The summed E-state index contributed by atoms with van der Waals surface area (Å²) in [6.45, 7) is 0. The molecule has 2 unspecified atom stereocenters. The number of aliphatic hydroxyl groups is 2. The Balaban J connectivity index is 2.07. The fourth-order valence-electron chi connectivity index (χ4n) is 2.41. The SMILES string of the molecule is OC1Cc2nn(-c3c(Cl)cc(C(F)(F)F)cc3Cl)cc2C1O. The highest BCUT2D eigenvalue weighted by Gasteiger charge is 2.34. The van der Waals surface area contributed by atoms with E-state index in [-0.39, 0.29) is 22.2 Å². The Bertz CT molecular complexity index is 722. The minimum Gasteiger partial charge on any atom is -0.390 e. The molecule has 9 heteroatoms. The van der Waals surface area contributed by atoms with Crippen LogP contribution < -0.4 is 0 Å². The lowest BCUT2D eigenvalue weighted by Crippen LogP contribution is -2.13. The van der Waals surface area contributed by atoms with Crippen molar-refractivity contribution in [3.8, 4) is 5.69 Å². The van der Waals surface area contributed by atoms with Gasteiger partial charge < -0.3 is 10.2 Å². The first-order valence-electron chi connectivity index (χ1n) is 6.19. The highest BCUT2D eigenvalue weighted by Crippen LogP contribution is 2.38. The molecule has 22 heavy (non-hydrogen) atoms. The first kappa shape index (κ1) is 15.6. The highest BCUT2D eigenvalue weighted by molar-refractivity contribution is 6.37. The van der Waals surface area contributed by atoms with Gasteiger partial charge in [-0.2, -0.15) is 18.3 Å². The molecule has 0 saturated carbocycles. The molecule has 1 aliphatic rings. The van der Waals surface area contributed by atoms with E-state index in [0.29, 0.717) is 11.3 Å². The highest BCUT2D eigenvalue weighted by atomic mass is 35.5. The quantitative estimate of drug-likeness (QED) is 0.828. The van der Waals surface area contributed by atoms with Crippen LogP contribution in [0.25, 0.3) is 5.69 Å². The van der Waals surface area contributed by atoms with Crippen LogP contribution >= 0.6 is 23.2 Å². The second-order valence-electron chi connectivity index (χ2n) is 4.98. The van der Waals surface area contributed by atoms with Crippen LogP contribution in [0.3, 0.4) is 0 Å². The minimum absolute atomic E-state index is 0.0902. The Morgan fingerprint density at radius 3 is 2.27 bits per heavy atom. The zero-order chi connectivity index (χ0) is 16.2. The predicted octanol–water partition coefficient (Wildman–Crippen LogP) is 3.15. The number of benzene rings is 1. The summed E-state index contributed by atoms with van der Waals surface area (Å²) in [5, 5.41) is 23.0. The zero-order valence-electron chi connectivity index (χ0n) is 10.8. The molecule has 4 nitrogen and oxygen atoms in total. The Morgan fingerprint density at radius 2 is 1.77 bits per heavy atom. The van der Waals surface area contributed by atoms with Gasteiger partial charge in [0.15, 0.2) is 0 Å². The summed E-state index contributed by atoms with van der Waals surface area (Å²) in [5.74, 6) is 0. The summed E-state index contributed by atoms with van der Waals surface area (Å²) in [6, 6.07) is 1.53. The molecular weight excluding hydrogens is 344 g/mol. The Labute approximate surface area is 132 Å². The molecule has 1 heterocycles. The number of rotatable bonds is 1. The van der Waals surface area contributed by atoms with Crippen LogP contribution in [0, 0.1) is 0 Å². The molecule has 0 bridgehead atoms. The molecule has 1 aliphatic carbocycles. The topological polar surface area (TPSA) is 58.3 Å². The fourth-order valence-corrected chi connectivity index (χ4v) is 3.07. The lowest BCUT2D eigenvalue weighted by Gasteiger charge is -2.13. The summed E-state index contributed by atoms with van der Waals surface area (Å²) in [4.78, 5) is 0. The molecule has 0 saturated heterocycles. The molecule has 0 spiro atoms. The van der Waals surface area contributed by atoms with Gasteiger partial charge in [-0.15, -0.1) is 0 Å². The lowest BCUT2D eigenvalue weighted by molar-refractivity contribution is -0.137. The van der Waals surface area contributed by atoms with Gasteiger partial charge in [0.2, 0.25) is 0 Å². The molecule has 2 atom stereocenters. The Hall–Kier alpha value is -1.28. The van der Waals surface area contributed by atoms with Crippen LogP contribution in [0.15, 0.2) is 18.3 Å². The summed E-state index contributed by atoms with van der Waals surface area (Å²) in [5.41, 5.74) is -0.0135. The molecule has 3 rings (SSSR count). The molecule has 0 fully saturated rings. The van der Waals surface area contributed by atoms with Crippen molar-refractivity contribution >= 4 is 23.2 Å². The summed E-state index contributed by atoms with van der Waals surface area (Å²) in [6.07, 6.45) is -5.03. The van der Waals surface area contributed by atoms with Gasteiger partial charge in [-0.1, -0.05) is 23.2 Å². The Morgan fingerprint density at radius 1 is 1.18 bits per heavy atom. The maximum atomic E-state index is 12.7. The maximum Gasteiger partial charge on any atom is 0.416 e. The van der Waals surface area contributed by atoms with E-state index in [9.17, 15) is 23.4 Å². The van der Waals surface area contributed by atoms with Crippen molar-refractivity contribution in [2.24, 2.45) is 0 Å². The summed E-state index contributed by atoms with van der Waals surface area (Å²) < 4.78 is 39.3. The molecular formula is C13H9Cl2F3N2O2. The third-order valence-electron chi connectivity index (χ3n) is 3.48. The molecule has 1 aromatic carbocycles. The van der Waals surface area contributed by atoms with Crippen molar-refractivity contribution in [3.05, 3.63) is 45.2 Å². The molecule has 2 aromatic rings. The lowest BCUT2D eigenvalue weighted by atomic mass is 10.2. The third-order valence-corrected chi connectivity index (χ3v) is 4.06. The number of aliphatic hydroxyl groups excluding tert-OH is 2. The number of fused-ring (bicyclic) bond motifs is 1. The predicted molar refractivity (Wildman–Crippen MR) is 73.3 cm³/mol. The number of hydrogen-bond acceptors (Lipinski definition) is 3. The van der Waals surface area contributed by atoms with E-state index < -0.39 is 23.9 Å². The van der Waals surface area contributed by atoms with E-state index in [0.717, 1.165) is 12.1 Å². The van der Waals surface area contributed by atoms with E-state index in [1.165, 1.54) is 10.9 Å². The van der Waals surface area contributed by atoms with Crippen LogP contribution in [-0.2, 0) is 12.6 Å². The number of nitrogens with zero attached hydrogens (tertiary/aromatic N) is 2. The van der Waals surface area contributed by atoms with Crippen LogP contribution in [0.1, 0.15) is 22.9 Å². The van der Waals surface area contributed by atoms with Gasteiger partial charge in [-0.25, -0.2) is 4.68 Å². The van der Waals surface area contributed by atoms with Crippen molar-refractivity contribution in [1.29, 1.82) is 0 Å². The van der Waals surface area contributed by atoms with Gasteiger partial charge in [-0.3, -0.25) is 0 Å². The largest absolute Gasteiger partial charge is 0.416 e. The summed E-state index contributed by atoms with van der Waals surface area (Å²) in [7, 11) is 0. The van der Waals surface area contributed by atoms with Gasteiger partial charge in [0.25, 0.3) is 0 Å². The average Bonchev–Trinajstić information content (AvgIpc) is 2.89. The fraction of sp³-hybridized carbons (Fsp3) is 0.308. The monoisotopic (exact) mass is 352 g/mol. The Kier molecular flexibility index (Phi) is 3.64. The first-order chi connectivity index (χ1) is 10.2. The van der Waals surface area contributed by atoms with Gasteiger partial charge >= 0.3 is 6.18 Å². The van der Waals surface area contributed by atoms with Crippen molar-refractivity contribution < 1.29 is 23.4 Å². The zero-order valence-corrected chi connectivity index (χ0v) is 12.3. The van der Waals surface area contributed by atoms with Crippen LogP contribution in [0.5, 0.6) is 0 Å². The van der Waals surface area contributed by atoms with E-state index in [4.69, 9.17) is 23.2 Å². The van der Waals surface area contributed by atoms with Gasteiger partial charge in [0.1, 0.15) is 11.8 Å². The molecule has 0 aliphatic heterocycles. The standard InChI is InChI=1S/C13H9Cl2F3N2O2/c14-7-1-5(13(16,17)18)2-8(15)11(7)20-4-6-9(19-20)3-10(21)12(6)22/h1-2,4,10,12,21-22H,3H2.